The molecule has 0 bridgehead atoms. The highest BCUT2D eigenvalue weighted by Crippen LogP contribution is 2.36. The number of hydrogen-bond donors (Lipinski definition) is 1. The zero-order chi connectivity index (χ0) is 22.3. The predicted octanol–water partition coefficient (Wildman–Crippen LogP) is 2.77. The first-order valence-electron chi connectivity index (χ1n) is 10.9. The Morgan fingerprint density at radius 1 is 1.26 bits per heavy atom. The van der Waals surface area contributed by atoms with E-state index in [2.05, 4.69) is 4.90 Å². The molecule has 3 aliphatic heterocycles. The number of nitrogens with two attached hydrogens (primary N) is 1. The largest absolute Gasteiger partial charge is 0.370 e. The van der Waals surface area contributed by atoms with Crippen LogP contribution in [0.5, 0.6) is 0 Å². The lowest BCUT2D eigenvalue weighted by Gasteiger charge is -2.39. The van der Waals surface area contributed by atoms with E-state index in [9.17, 15) is 17.2 Å². The van der Waals surface area contributed by atoms with E-state index in [1.807, 2.05) is 13.8 Å². The monoisotopic (exact) mass is 455 g/mol. The lowest BCUT2D eigenvalue weighted by Crippen LogP contribution is -2.49. The standard InChI is InChI=1S/C22H31F2N3O3S/c1-14(2)13-31(28,29)27-7-3-4-15-10-26(11-21(15)27)17-9-20(25)22(30-12-17)18-8-16(23)5-6-19(18)24/h5-6,8,14,17,20,22H,3-4,7,9-13,25H2,1-2H3/t17-,20+,22-/m1/s1. The van der Waals surface area contributed by atoms with E-state index in [0.717, 1.165) is 36.7 Å². The van der Waals surface area contributed by atoms with E-state index in [0.29, 0.717) is 32.7 Å². The third-order valence-electron chi connectivity index (χ3n) is 6.36. The first-order valence-corrected chi connectivity index (χ1v) is 12.5. The molecule has 1 aromatic carbocycles. The number of nitrogens with zero attached hydrogens (tertiary/aromatic N) is 2. The van der Waals surface area contributed by atoms with Crippen molar-refractivity contribution in [1.82, 2.24) is 9.21 Å². The highest BCUT2D eigenvalue weighted by atomic mass is 32.2. The van der Waals surface area contributed by atoms with Crippen molar-refractivity contribution in [3.8, 4) is 0 Å². The van der Waals surface area contributed by atoms with E-state index in [1.54, 1.807) is 4.31 Å². The van der Waals surface area contributed by atoms with Crippen molar-refractivity contribution >= 4 is 10.0 Å². The first kappa shape index (κ1) is 22.6. The van der Waals surface area contributed by atoms with Gasteiger partial charge in [0.2, 0.25) is 10.0 Å². The molecule has 1 saturated heterocycles. The number of halogens is 2. The van der Waals surface area contributed by atoms with E-state index in [-0.39, 0.29) is 23.3 Å². The maximum absolute atomic E-state index is 14.2. The highest BCUT2D eigenvalue weighted by molar-refractivity contribution is 7.89. The summed E-state index contributed by atoms with van der Waals surface area (Å²) in [7, 11) is -3.34. The van der Waals surface area contributed by atoms with Gasteiger partial charge in [-0.15, -0.1) is 0 Å². The zero-order valence-corrected chi connectivity index (χ0v) is 18.9. The van der Waals surface area contributed by atoms with Crippen molar-refractivity contribution in [1.29, 1.82) is 0 Å². The normalized spacial score (nSPS) is 27.8. The summed E-state index contributed by atoms with van der Waals surface area (Å²) in [5, 5.41) is 0. The van der Waals surface area contributed by atoms with Gasteiger partial charge in [-0.2, -0.15) is 0 Å². The van der Waals surface area contributed by atoms with E-state index >= 15 is 0 Å². The van der Waals surface area contributed by atoms with Crippen LogP contribution in [0.3, 0.4) is 0 Å². The molecule has 172 valence electrons. The molecular weight excluding hydrogens is 424 g/mol. The van der Waals surface area contributed by atoms with Crippen molar-refractivity contribution in [3.05, 3.63) is 46.7 Å². The van der Waals surface area contributed by atoms with Gasteiger partial charge >= 0.3 is 0 Å². The van der Waals surface area contributed by atoms with Gasteiger partial charge in [-0.3, -0.25) is 9.21 Å². The molecule has 31 heavy (non-hydrogen) atoms. The molecule has 4 rings (SSSR count). The summed E-state index contributed by atoms with van der Waals surface area (Å²) in [6.45, 7) is 5.94. The van der Waals surface area contributed by atoms with Gasteiger partial charge in [0.25, 0.3) is 0 Å². The Labute approximate surface area is 183 Å². The molecule has 0 unspecified atom stereocenters. The smallest absolute Gasteiger partial charge is 0.235 e. The Balaban J connectivity index is 1.44. The molecule has 3 atom stereocenters. The first-order chi connectivity index (χ1) is 14.7. The van der Waals surface area contributed by atoms with Gasteiger partial charge in [-0.05, 0) is 49.0 Å². The molecule has 1 fully saturated rings. The fourth-order valence-electron chi connectivity index (χ4n) is 4.97. The van der Waals surface area contributed by atoms with E-state index < -0.39 is 33.8 Å². The Morgan fingerprint density at radius 2 is 2.03 bits per heavy atom. The molecule has 0 radical (unpaired) electrons. The summed E-state index contributed by atoms with van der Waals surface area (Å²) in [6, 6.07) is 2.84. The van der Waals surface area contributed by atoms with Gasteiger partial charge in [0.05, 0.1) is 12.4 Å². The van der Waals surface area contributed by atoms with Gasteiger partial charge in [0.1, 0.15) is 17.7 Å². The quantitative estimate of drug-likeness (QED) is 0.739. The molecule has 3 aliphatic rings. The van der Waals surface area contributed by atoms with Crippen LogP contribution in [0.15, 0.2) is 29.5 Å². The average Bonchev–Trinajstić information content (AvgIpc) is 3.13. The summed E-state index contributed by atoms with van der Waals surface area (Å²) >= 11 is 0. The lowest BCUT2D eigenvalue weighted by molar-refractivity contribution is -0.0467. The van der Waals surface area contributed by atoms with E-state index in [1.165, 1.54) is 5.57 Å². The number of hydrogen-bond acceptors (Lipinski definition) is 5. The molecule has 2 N–H and O–H groups in total. The fourth-order valence-corrected chi connectivity index (χ4v) is 6.93. The summed E-state index contributed by atoms with van der Waals surface area (Å²) < 4.78 is 61.1. The predicted molar refractivity (Wildman–Crippen MR) is 115 cm³/mol. The van der Waals surface area contributed by atoms with Gasteiger partial charge in [0, 0.05) is 43.0 Å². The second-order valence-electron chi connectivity index (χ2n) is 9.28. The molecule has 6 nitrogen and oxygen atoms in total. The van der Waals surface area contributed by atoms with Crippen LogP contribution in [0.4, 0.5) is 8.78 Å². The lowest BCUT2D eigenvalue weighted by atomic mass is 9.93. The molecule has 0 aromatic heterocycles. The topological polar surface area (TPSA) is 75.9 Å². The number of ether oxygens (including phenoxy) is 1. The summed E-state index contributed by atoms with van der Waals surface area (Å²) in [5.74, 6) is -0.835. The van der Waals surface area contributed by atoms with Crippen LogP contribution in [-0.2, 0) is 14.8 Å². The van der Waals surface area contributed by atoms with Crippen LogP contribution in [0, 0.1) is 17.6 Å². The van der Waals surface area contributed by atoms with Crippen molar-refractivity contribution in [2.75, 3.05) is 32.0 Å². The number of benzene rings is 1. The highest BCUT2D eigenvalue weighted by Gasteiger charge is 2.40. The van der Waals surface area contributed by atoms with Crippen LogP contribution in [-0.4, -0.2) is 61.7 Å². The molecule has 0 amide bonds. The SMILES string of the molecule is CC(C)CS(=O)(=O)N1CCCC2=C1CN([C@H]1CO[C@H](c3cc(F)ccc3F)[C@@H](N)C1)C2. The van der Waals surface area contributed by atoms with Crippen molar-refractivity contribution in [2.45, 2.75) is 51.3 Å². The third-order valence-corrected chi connectivity index (χ3v) is 8.52. The minimum Gasteiger partial charge on any atom is -0.370 e. The Hall–Kier alpha value is -1.55. The third kappa shape index (κ3) is 4.65. The number of rotatable bonds is 5. The van der Waals surface area contributed by atoms with Crippen LogP contribution in [0.25, 0.3) is 0 Å². The molecule has 9 heteroatoms. The van der Waals surface area contributed by atoms with Crippen molar-refractivity contribution < 1.29 is 21.9 Å². The molecule has 0 spiro atoms. The van der Waals surface area contributed by atoms with Gasteiger partial charge in [-0.25, -0.2) is 17.2 Å². The Morgan fingerprint density at radius 3 is 2.74 bits per heavy atom. The fraction of sp³-hybridized carbons (Fsp3) is 0.636. The maximum atomic E-state index is 14.2. The second kappa shape index (κ2) is 8.77. The maximum Gasteiger partial charge on any atom is 0.235 e. The minimum atomic E-state index is -3.34. The average molecular weight is 456 g/mol. The van der Waals surface area contributed by atoms with E-state index in [4.69, 9.17) is 10.5 Å². The van der Waals surface area contributed by atoms with Crippen molar-refractivity contribution in [3.63, 3.8) is 0 Å². The Kier molecular flexibility index (Phi) is 6.40. The molecular formula is C22H31F2N3O3S. The van der Waals surface area contributed by atoms with Crippen LogP contribution in [0.2, 0.25) is 0 Å². The molecule has 1 aromatic rings. The summed E-state index contributed by atoms with van der Waals surface area (Å²) in [5.41, 5.74) is 8.55. The summed E-state index contributed by atoms with van der Waals surface area (Å²) in [6.07, 6.45) is 1.60. The van der Waals surface area contributed by atoms with Crippen LogP contribution >= 0.6 is 0 Å². The van der Waals surface area contributed by atoms with Crippen LogP contribution < -0.4 is 5.73 Å². The number of sulfonamides is 1. The van der Waals surface area contributed by atoms with Gasteiger partial charge in [-0.1, -0.05) is 13.8 Å². The molecule has 0 aliphatic carbocycles. The van der Waals surface area contributed by atoms with Crippen molar-refractivity contribution in [2.24, 2.45) is 11.7 Å². The van der Waals surface area contributed by atoms with Gasteiger partial charge < -0.3 is 10.5 Å². The van der Waals surface area contributed by atoms with Gasteiger partial charge in [0.15, 0.2) is 0 Å². The van der Waals surface area contributed by atoms with Crippen LogP contribution in [0.1, 0.15) is 44.8 Å². The second-order valence-corrected chi connectivity index (χ2v) is 11.2. The molecule has 3 heterocycles. The summed E-state index contributed by atoms with van der Waals surface area (Å²) in [4.78, 5) is 2.21. The Bertz CT molecular complexity index is 967. The minimum absolute atomic E-state index is 0.00289. The zero-order valence-electron chi connectivity index (χ0n) is 18.1. The molecule has 0 saturated carbocycles.